The number of thioether (sulfide) groups is 1. The first kappa shape index (κ1) is 16.7. The van der Waals surface area contributed by atoms with Gasteiger partial charge in [-0.05, 0) is 32.8 Å². The summed E-state index contributed by atoms with van der Waals surface area (Å²) in [6.45, 7) is 3.78. The highest BCUT2D eigenvalue weighted by Gasteiger charge is 2.37. The van der Waals surface area contributed by atoms with Gasteiger partial charge in [0.15, 0.2) is 5.16 Å². The quantitative estimate of drug-likeness (QED) is 0.615. The van der Waals surface area contributed by atoms with Crippen molar-refractivity contribution in [3.63, 3.8) is 0 Å². The lowest BCUT2D eigenvalue weighted by Gasteiger charge is -2.28. The van der Waals surface area contributed by atoms with Gasteiger partial charge in [0.2, 0.25) is 5.91 Å². The minimum Gasteiger partial charge on any atom is -0.481 e. The number of hydrogen-bond donors (Lipinski definition) is 2. The lowest BCUT2D eigenvalue weighted by atomic mass is 9.93. The van der Waals surface area contributed by atoms with E-state index in [0.29, 0.717) is 5.16 Å². The zero-order valence-corrected chi connectivity index (χ0v) is 13.7. The van der Waals surface area contributed by atoms with Crippen molar-refractivity contribution in [3.05, 3.63) is 17.5 Å². The van der Waals surface area contributed by atoms with Crippen LogP contribution < -0.4 is 5.32 Å². The first-order chi connectivity index (χ1) is 10.4. The highest BCUT2D eigenvalue weighted by molar-refractivity contribution is 7.99. The number of aryl methyl sites for hydroxylation is 2. The van der Waals surface area contributed by atoms with E-state index in [4.69, 9.17) is 5.11 Å². The maximum absolute atomic E-state index is 12.1. The highest BCUT2D eigenvalue weighted by atomic mass is 32.2. The van der Waals surface area contributed by atoms with E-state index in [-0.39, 0.29) is 18.1 Å². The fourth-order valence-electron chi connectivity index (χ4n) is 2.91. The van der Waals surface area contributed by atoms with Gasteiger partial charge in [0.1, 0.15) is 0 Å². The van der Waals surface area contributed by atoms with Crippen LogP contribution in [0.4, 0.5) is 0 Å². The molecular weight excluding hydrogens is 302 g/mol. The van der Waals surface area contributed by atoms with Gasteiger partial charge >= 0.3 is 5.97 Å². The van der Waals surface area contributed by atoms with E-state index in [1.54, 1.807) is 0 Å². The Morgan fingerprint density at radius 1 is 1.27 bits per heavy atom. The Morgan fingerprint density at radius 2 is 1.86 bits per heavy atom. The van der Waals surface area contributed by atoms with Crippen LogP contribution in [0.25, 0.3) is 0 Å². The minimum atomic E-state index is -0.868. The molecule has 0 bridgehead atoms. The van der Waals surface area contributed by atoms with Crippen molar-refractivity contribution < 1.29 is 14.7 Å². The predicted molar refractivity (Wildman–Crippen MR) is 83.8 cm³/mol. The van der Waals surface area contributed by atoms with E-state index in [2.05, 4.69) is 15.3 Å². The summed E-state index contributed by atoms with van der Waals surface area (Å²) in [7, 11) is 0. The molecule has 0 unspecified atom stereocenters. The average Bonchev–Trinajstić information content (AvgIpc) is 2.82. The molecule has 1 aromatic rings. The molecule has 7 heteroatoms. The van der Waals surface area contributed by atoms with Crippen LogP contribution in [0.5, 0.6) is 0 Å². The molecular formula is C15H21N3O3S. The fourth-order valence-corrected chi connectivity index (χ4v) is 3.66. The van der Waals surface area contributed by atoms with Crippen molar-refractivity contribution in [3.8, 4) is 0 Å². The molecule has 1 fully saturated rings. The smallest absolute Gasteiger partial charge is 0.305 e. The summed E-state index contributed by atoms with van der Waals surface area (Å²) in [6, 6.07) is 1.88. The van der Waals surface area contributed by atoms with Crippen molar-refractivity contribution in [1.29, 1.82) is 0 Å². The molecule has 120 valence electrons. The summed E-state index contributed by atoms with van der Waals surface area (Å²) >= 11 is 1.28. The van der Waals surface area contributed by atoms with Crippen LogP contribution in [-0.2, 0) is 9.59 Å². The summed E-state index contributed by atoms with van der Waals surface area (Å²) in [4.78, 5) is 31.7. The van der Waals surface area contributed by atoms with Gasteiger partial charge in [0.05, 0.1) is 17.7 Å². The molecule has 0 aromatic carbocycles. The van der Waals surface area contributed by atoms with Crippen molar-refractivity contribution in [2.75, 3.05) is 5.75 Å². The van der Waals surface area contributed by atoms with E-state index in [9.17, 15) is 9.59 Å². The third-order valence-corrected chi connectivity index (χ3v) is 4.60. The minimum absolute atomic E-state index is 0.0105. The monoisotopic (exact) mass is 323 g/mol. The molecule has 2 N–H and O–H groups in total. The molecule has 1 amide bonds. The van der Waals surface area contributed by atoms with Gasteiger partial charge in [-0.1, -0.05) is 24.6 Å². The van der Waals surface area contributed by atoms with Gasteiger partial charge in [-0.15, -0.1) is 0 Å². The van der Waals surface area contributed by atoms with E-state index < -0.39 is 11.5 Å². The van der Waals surface area contributed by atoms with Crippen LogP contribution >= 0.6 is 11.8 Å². The first-order valence-corrected chi connectivity index (χ1v) is 8.35. The average molecular weight is 323 g/mol. The molecule has 1 aliphatic rings. The normalized spacial score (nSPS) is 16.5. The summed E-state index contributed by atoms with van der Waals surface area (Å²) in [5.41, 5.74) is 1.16. The molecule has 0 saturated heterocycles. The second-order valence-electron chi connectivity index (χ2n) is 5.83. The van der Waals surface area contributed by atoms with Crippen molar-refractivity contribution >= 4 is 23.6 Å². The van der Waals surface area contributed by atoms with E-state index >= 15 is 0 Å². The molecule has 6 nitrogen and oxygen atoms in total. The summed E-state index contributed by atoms with van der Waals surface area (Å²) in [6.07, 6.45) is 3.37. The maximum Gasteiger partial charge on any atom is 0.305 e. The van der Waals surface area contributed by atoms with E-state index in [0.717, 1.165) is 37.1 Å². The summed E-state index contributed by atoms with van der Waals surface area (Å²) in [5.74, 6) is -0.826. The Morgan fingerprint density at radius 3 is 2.41 bits per heavy atom. The second-order valence-corrected chi connectivity index (χ2v) is 6.77. The van der Waals surface area contributed by atoms with Crippen LogP contribution in [0.2, 0.25) is 0 Å². The molecule has 1 aromatic heterocycles. The topological polar surface area (TPSA) is 92.2 Å². The van der Waals surface area contributed by atoms with Crippen LogP contribution in [-0.4, -0.2) is 38.2 Å². The number of hydrogen-bond acceptors (Lipinski definition) is 5. The Balaban J connectivity index is 1.92. The molecule has 1 heterocycles. The number of amides is 1. The fraction of sp³-hybridized carbons (Fsp3) is 0.600. The Bertz CT molecular complexity index is 551. The lowest BCUT2D eigenvalue weighted by Crippen LogP contribution is -2.48. The van der Waals surface area contributed by atoms with Crippen LogP contribution in [0, 0.1) is 13.8 Å². The van der Waals surface area contributed by atoms with Crippen LogP contribution in [0.3, 0.4) is 0 Å². The van der Waals surface area contributed by atoms with Gasteiger partial charge in [-0.2, -0.15) is 0 Å². The van der Waals surface area contributed by atoms with Gasteiger partial charge in [-0.25, -0.2) is 9.97 Å². The van der Waals surface area contributed by atoms with Crippen LogP contribution in [0.1, 0.15) is 43.5 Å². The zero-order chi connectivity index (χ0) is 16.2. The highest BCUT2D eigenvalue weighted by Crippen LogP contribution is 2.32. The summed E-state index contributed by atoms with van der Waals surface area (Å²) < 4.78 is 0. The molecule has 2 rings (SSSR count). The van der Waals surface area contributed by atoms with Gasteiger partial charge < -0.3 is 10.4 Å². The number of carboxylic acids is 1. The molecule has 0 radical (unpaired) electrons. The summed E-state index contributed by atoms with van der Waals surface area (Å²) in [5, 5.41) is 12.5. The Labute approximate surface area is 134 Å². The Hall–Kier alpha value is -1.63. The second kappa shape index (κ2) is 7.09. The number of carbonyl (C=O) groups is 2. The number of carbonyl (C=O) groups excluding carboxylic acids is 1. The molecule has 1 saturated carbocycles. The largest absolute Gasteiger partial charge is 0.481 e. The SMILES string of the molecule is Cc1cc(C)nc(SCC(=O)NC2(CC(=O)O)CCCC2)n1. The maximum atomic E-state index is 12.1. The third kappa shape index (κ3) is 4.69. The van der Waals surface area contributed by atoms with Crippen LogP contribution in [0.15, 0.2) is 11.2 Å². The van der Waals surface area contributed by atoms with Crippen molar-refractivity contribution in [1.82, 2.24) is 15.3 Å². The van der Waals surface area contributed by atoms with Gasteiger partial charge in [0, 0.05) is 11.4 Å². The zero-order valence-electron chi connectivity index (χ0n) is 12.9. The van der Waals surface area contributed by atoms with Crippen molar-refractivity contribution in [2.45, 2.75) is 56.6 Å². The predicted octanol–water partition coefficient (Wildman–Crippen LogP) is 2.09. The van der Waals surface area contributed by atoms with E-state index in [1.807, 2.05) is 19.9 Å². The Kier molecular flexibility index (Phi) is 5.39. The number of rotatable bonds is 6. The number of aliphatic carboxylic acids is 1. The van der Waals surface area contributed by atoms with Gasteiger partial charge in [0.25, 0.3) is 0 Å². The molecule has 0 spiro atoms. The number of nitrogens with zero attached hydrogens (tertiary/aromatic N) is 2. The lowest BCUT2D eigenvalue weighted by molar-refractivity contribution is -0.139. The molecule has 0 atom stereocenters. The molecule has 1 aliphatic carbocycles. The third-order valence-electron chi connectivity index (χ3n) is 3.75. The van der Waals surface area contributed by atoms with E-state index in [1.165, 1.54) is 11.8 Å². The molecule has 22 heavy (non-hydrogen) atoms. The molecule has 0 aliphatic heterocycles. The first-order valence-electron chi connectivity index (χ1n) is 7.36. The number of aromatic nitrogens is 2. The standard InChI is InChI=1S/C15H21N3O3S/c1-10-7-11(2)17-14(16-10)22-9-12(19)18-15(8-13(20)21)5-3-4-6-15/h7H,3-6,8-9H2,1-2H3,(H,18,19)(H,20,21). The van der Waals surface area contributed by atoms with Crippen molar-refractivity contribution in [2.24, 2.45) is 0 Å². The number of carboxylic acid groups (broad SMARTS) is 1. The van der Waals surface area contributed by atoms with Gasteiger partial charge in [-0.3, -0.25) is 9.59 Å². The number of nitrogens with one attached hydrogen (secondary N) is 1.